The first-order valence-electron chi connectivity index (χ1n) is 5.88. The van der Waals surface area contributed by atoms with E-state index in [1.54, 1.807) is 22.7 Å². The Morgan fingerprint density at radius 3 is 1.43 bits per heavy atom. The van der Waals surface area contributed by atoms with E-state index in [2.05, 4.69) is 22.1 Å². The van der Waals surface area contributed by atoms with Crippen LogP contribution in [0.3, 0.4) is 0 Å². The molecule has 0 amide bonds. The average Bonchev–Trinajstić information content (AvgIpc) is 2.99. The largest absolute Gasteiger partial charge is 2.00 e. The number of thiazole rings is 2. The van der Waals surface area contributed by atoms with Crippen molar-refractivity contribution in [2.45, 2.75) is 0 Å². The molecule has 4 rings (SSSR count). The maximum atomic E-state index is 4.98. The molecule has 0 aliphatic heterocycles. The average molecular weight is 398 g/mol. The van der Waals surface area contributed by atoms with Gasteiger partial charge in [-0.2, -0.15) is 0 Å². The Hall–Kier alpha value is -0.821. The second-order valence-corrected chi connectivity index (χ2v) is 7.46. The number of aromatic nitrogens is 2. The molecule has 7 heteroatoms. The summed E-state index contributed by atoms with van der Waals surface area (Å²) in [5, 5.41) is 0. The molecule has 0 atom stereocenters. The molecule has 0 saturated carbocycles. The first-order valence-corrected chi connectivity index (χ1v) is 8.33. The van der Waals surface area contributed by atoms with E-state index in [0.717, 1.165) is 18.9 Å². The number of para-hydroxylation sites is 2. The summed E-state index contributed by atoms with van der Waals surface area (Å²) in [4.78, 5) is 6.18. The molecule has 0 aliphatic carbocycles. The molecule has 2 nitrogen and oxygen atoms in total. The van der Waals surface area contributed by atoms with Crippen molar-refractivity contribution in [1.82, 2.24) is 9.97 Å². The minimum atomic E-state index is 0. The maximum Gasteiger partial charge on any atom is 2.00 e. The van der Waals surface area contributed by atoms with Gasteiger partial charge in [-0.3, -0.25) is 0 Å². The molecule has 2 aromatic heterocycles. The zero-order valence-corrected chi connectivity index (χ0v) is 14.8. The number of rotatable bonds is 0. The Labute approximate surface area is 150 Å². The molecule has 2 heterocycles. The molecule has 0 aliphatic rings. The van der Waals surface area contributed by atoms with E-state index in [4.69, 9.17) is 24.4 Å². The molecular formula is C14H10CuN2S4+2. The molecule has 0 unspecified atom stereocenters. The van der Waals surface area contributed by atoms with E-state index in [-0.39, 0.29) is 17.1 Å². The molecule has 0 saturated heterocycles. The topological polar surface area (TPSA) is 31.6 Å². The van der Waals surface area contributed by atoms with Gasteiger partial charge in [-0.25, -0.2) is 0 Å². The molecule has 4 aromatic rings. The van der Waals surface area contributed by atoms with Crippen molar-refractivity contribution in [2.75, 3.05) is 0 Å². The Morgan fingerprint density at radius 2 is 1.05 bits per heavy atom. The van der Waals surface area contributed by atoms with Crippen LogP contribution >= 0.6 is 47.1 Å². The molecule has 21 heavy (non-hydrogen) atoms. The number of hydrogen-bond acceptors (Lipinski definition) is 4. The Bertz CT molecular complexity index is 812. The third kappa shape index (κ3) is 4.09. The number of H-pyrrole nitrogens is 2. The number of nitrogens with one attached hydrogen (secondary N) is 2. The Kier molecular flexibility index (Phi) is 5.87. The first-order chi connectivity index (χ1) is 9.72. The van der Waals surface area contributed by atoms with Crippen LogP contribution in [-0.4, -0.2) is 9.97 Å². The molecule has 0 bridgehead atoms. The minimum absolute atomic E-state index is 0. The van der Waals surface area contributed by atoms with Crippen molar-refractivity contribution in [3.63, 3.8) is 0 Å². The summed E-state index contributed by atoms with van der Waals surface area (Å²) in [6.45, 7) is 0. The molecule has 0 spiro atoms. The molecule has 2 N–H and O–H groups in total. The Morgan fingerprint density at radius 1 is 0.667 bits per heavy atom. The SMILES string of the molecule is S=c1[nH]c2ccccc2s1.S=c1[nH]c2ccccc2s1.[Cu+2]. The predicted molar refractivity (Wildman–Crippen MR) is 94.0 cm³/mol. The summed E-state index contributed by atoms with van der Waals surface area (Å²) in [7, 11) is 0. The summed E-state index contributed by atoms with van der Waals surface area (Å²) < 4.78 is 4.16. The van der Waals surface area contributed by atoms with Crippen LogP contribution < -0.4 is 0 Å². The van der Waals surface area contributed by atoms with E-state index in [1.165, 1.54) is 9.40 Å². The standard InChI is InChI=1S/2C7H5NS2.Cu/c2*9-7-8-5-3-1-2-4-6(5)10-7;/h2*1-4H,(H,8,9);/q;;+2. The van der Waals surface area contributed by atoms with E-state index in [9.17, 15) is 0 Å². The zero-order valence-electron chi connectivity index (χ0n) is 10.6. The molecule has 0 fully saturated rings. The second kappa shape index (κ2) is 7.44. The fraction of sp³-hybridized carbons (Fsp3) is 0. The van der Waals surface area contributed by atoms with Crippen molar-refractivity contribution < 1.29 is 17.1 Å². The van der Waals surface area contributed by atoms with Crippen LogP contribution in [0, 0.1) is 7.91 Å². The zero-order chi connectivity index (χ0) is 13.9. The fourth-order valence-electron chi connectivity index (χ4n) is 1.79. The van der Waals surface area contributed by atoms with Crippen molar-refractivity contribution in [3.05, 3.63) is 56.4 Å². The van der Waals surface area contributed by atoms with Crippen LogP contribution in [0.25, 0.3) is 20.4 Å². The molecule has 2 aromatic carbocycles. The summed E-state index contributed by atoms with van der Waals surface area (Å²) in [5.41, 5.74) is 2.27. The fourth-order valence-corrected chi connectivity index (χ4v) is 4.02. The van der Waals surface area contributed by atoms with Crippen molar-refractivity contribution in [3.8, 4) is 0 Å². The summed E-state index contributed by atoms with van der Waals surface area (Å²) >= 11 is 13.2. The van der Waals surface area contributed by atoms with E-state index in [0.29, 0.717) is 0 Å². The van der Waals surface area contributed by atoms with Gasteiger partial charge in [-0.15, -0.1) is 22.7 Å². The van der Waals surface area contributed by atoms with Crippen LogP contribution in [0.2, 0.25) is 0 Å². The van der Waals surface area contributed by atoms with Gasteiger partial charge in [0, 0.05) is 0 Å². The van der Waals surface area contributed by atoms with Crippen LogP contribution in [-0.2, 0) is 17.1 Å². The third-order valence-electron chi connectivity index (χ3n) is 2.65. The number of hydrogen-bond donors (Lipinski definition) is 2. The number of aromatic amines is 2. The summed E-state index contributed by atoms with van der Waals surface area (Å²) in [5.74, 6) is 0. The van der Waals surface area contributed by atoms with Gasteiger partial charge in [0.05, 0.1) is 20.4 Å². The van der Waals surface area contributed by atoms with Crippen LogP contribution in [0.15, 0.2) is 48.5 Å². The summed E-state index contributed by atoms with van der Waals surface area (Å²) in [6.07, 6.45) is 0. The van der Waals surface area contributed by atoms with E-state index >= 15 is 0 Å². The van der Waals surface area contributed by atoms with Crippen LogP contribution in [0.4, 0.5) is 0 Å². The van der Waals surface area contributed by atoms with Gasteiger partial charge in [0.2, 0.25) is 0 Å². The van der Waals surface area contributed by atoms with Crippen LogP contribution in [0.1, 0.15) is 0 Å². The monoisotopic (exact) mass is 397 g/mol. The number of benzene rings is 2. The third-order valence-corrected chi connectivity index (χ3v) is 5.08. The molecule has 1 radical (unpaired) electrons. The Balaban J connectivity index is 0.000000147. The number of fused-ring (bicyclic) bond motifs is 2. The first kappa shape index (κ1) is 16.5. The quantitative estimate of drug-likeness (QED) is 0.285. The molecular weight excluding hydrogens is 388 g/mol. The van der Waals surface area contributed by atoms with Gasteiger partial charge in [-0.1, -0.05) is 24.3 Å². The van der Waals surface area contributed by atoms with E-state index < -0.39 is 0 Å². The second-order valence-electron chi connectivity index (χ2n) is 4.02. The van der Waals surface area contributed by atoms with Gasteiger partial charge in [0.25, 0.3) is 0 Å². The van der Waals surface area contributed by atoms with Gasteiger partial charge in [-0.05, 0) is 48.7 Å². The minimum Gasteiger partial charge on any atom is -0.337 e. The summed E-state index contributed by atoms with van der Waals surface area (Å²) in [6, 6.07) is 16.2. The normalized spacial score (nSPS) is 9.90. The van der Waals surface area contributed by atoms with Gasteiger partial charge >= 0.3 is 17.1 Å². The van der Waals surface area contributed by atoms with Gasteiger partial charge in [0.15, 0.2) is 7.91 Å². The van der Waals surface area contributed by atoms with Gasteiger partial charge < -0.3 is 9.97 Å². The van der Waals surface area contributed by atoms with Crippen molar-refractivity contribution >= 4 is 67.5 Å². The molecule has 109 valence electrons. The van der Waals surface area contributed by atoms with Gasteiger partial charge in [0.1, 0.15) is 0 Å². The van der Waals surface area contributed by atoms with Crippen molar-refractivity contribution in [1.29, 1.82) is 0 Å². The smallest absolute Gasteiger partial charge is 0.337 e. The maximum absolute atomic E-state index is 4.98. The van der Waals surface area contributed by atoms with Crippen molar-refractivity contribution in [2.24, 2.45) is 0 Å². The predicted octanol–water partition coefficient (Wildman–Crippen LogP) is 5.92. The van der Waals surface area contributed by atoms with Crippen LogP contribution in [0.5, 0.6) is 0 Å². The van der Waals surface area contributed by atoms with E-state index in [1.807, 2.05) is 36.4 Å².